The van der Waals surface area contributed by atoms with Gasteiger partial charge in [0, 0.05) is 12.2 Å². The number of amides is 1. The van der Waals surface area contributed by atoms with Crippen molar-refractivity contribution in [3.05, 3.63) is 18.2 Å². The molecule has 0 radical (unpaired) electrons. The molecule has 0 aliphatic carbocycles. The maximum Gasteiger partial charge on any atom is 0.417 e. The van der Waals surface area contributed by atoms with E-state index >= 15 is 0 Å². The molecule has 106 valence electrons. The van der Waals surface area contributed by atoms with Crippen LogP contribution in [0.4, 0.5) is 16.4 Å². The first kappa shape index (κ1) is 12.8. The van der Waals surface area contributed by atoms with Crippen molar-refractivity contribution in [1.29, 1.82) is 0 Å². The van der Waals surface area contributed by atoms with E-state index in [1.807, 2.05) is 43.5 Å². The van der Waals surface area contributed by atoms with E-state index < -0.39 is 5.60 Å². The lowest BCUT2D eigenvalue weighted by molar-refractivity contribution is 0.0583. The molecule has 2 N–H and O–H groups in total. The maximum atomic E-state index is 12.2. The fourth-order valence-corrected chi connectivity index (χ4v) is 2.35. The number of nitrogens with two attached hydrogens (primary N) is 1. The highest BCUT2D eigenvalue weighted by molar-refractivity contribution is 5.91. The molecule has 6 heteroatoms. The first-order valence-corrected chi connectivity index (χ1v) is 6.61. The highest BCUT2D eigenvalue weighted by Crippen LogP contribution is 2.29. The standard InChI is InChI=1S/C14H18N4O2/c1-14(2,3)20-13(19)18-7-6-17-11-5-4-9(15)8-10(11)16-12(17)18/h4-5,8H,6-7,15H2,1-3H3. The number of nitrogens with zero attached hydrogens (tertiary/aromatic N) is 3. The van der Waals surface area contributed by atoms with Crippen LogP contribution in [0.3, 0.4) is 0 Å². The van der Waals surface area contributed by atoms with Gasteiger partial charge in [-0.2, -0.15) is 0 Å². The molecule has 6 nitrogen and oxygen atoms in total. The number of anilines is 2. The molecular weight excluding hydrogens is 256 g/mol. The molecule has 0 saturated carbocycles. The second kappa shape index (κ2) is 4.13. The quantitative estimate of drug-likeness (QED) is 0.748. The predicted molar refractivity (Wildman–Crippen MR) is 77.7 cm³/mol. The number of rotatable bonds is 0. The van der Waals surface area contributed by atoms with Crippen molar-refractivity contribution in [3.63, 3.8) is 0 Å². The minimum absolute atomic E-state index is 0.362. The van der Waals surface area contributed by atoms with Crippen LogP contribution in [-0.4, -0.2) is 27.8 Å². The van der Waals surface area contributed by atoms with Crippen LogP contribution in [0.5, 0.6) is 0 Å². The van der Waals surface area contributed by atoms with Gasteiger partial charge in [-0.1, -0.05) is 0 Å². The SMILES string of the molecule is CC(C)(C)OC(=O)N1CCn2c1nc1cc(N)ccc12. The summed E-state index contributed by atoms with van der Waals surface area (Å²) >= 11 is 0. The minimum Gasteiger partial charge on any atom is -0.443 e. The van der Waals surface area contributed by atoms with Crippen LogP contribution >= 0.6 is 0 Å². The zero-order valence-electron chi connectivity index (χ0n) is 11.9. The van der Waals surface area contributed by atoms with Crippen LogP contribution in [0.15, 0.2) is 18.2 Å². The Bertz CT molecular complexity index is 684. The average molecular weight is 274 g/mol. The van der Waals surface area contributed by atoms with Crippen molar-refractivity contribution < 1.29 is 9.53 Å². The Morgan fingerprint density at radius 1 is 1.35 bits per heavy atom. The third kappa shape index (κ3) is 2.07. The molecular formula is C14H18N4O2. The first-order chi connectivity index (χ1) is 9.35. The zero-order chi connectivity index (χ0) is 14.5. The Hall–Kier alpha value is -2.24. The molecule has 0 saturated heterocycles. The van der Waals surface area contributed by atoms with E-state index in [-0.39, 0.29) is 6.09 Å². The van der Waals surface area contributed by atoms with Crippen molar-refractivity contribution in [2.24, 2.45) is 0 Å². The number of hydrogen-bond donors (Lipinski definition) is 1. The smallest absolute Gasteiger partial charge is 0.417 e. The van der Waals surface area contributed by atoms with Gasteiger partial charge in [0.2, 0.25) is 5.95 Å². The highest BCUT2D eigenvalue weighted by Gasteiger charge is 2.31. The number of carbonyl (C=O) groups excluding carboxylic acids is 1. The van der Waals surface area contributed by atoms with E-state index in [1.54, 1.807) is 4.90 Å². The second-order valence-electron chi connectivity index (χ2n) is 5.94. The summed E-state index contributed by atoms with van der Waals surface area (Å²) in [4.78, 5) is 18.3. The number of aromatic nitrogens is 2. The molecule has 0 fully saturated rings. The minimum atomic E-state index is -0.513. The summed E-state index contributed by atoms with van der Waals surface area (Å²) in [5, 5.41) is 0. The molecule has 20 heavy (non-hydrogen) atoms. The summed E-state index contributed by atoms with van der Waals surface area (Å²) in [5.41, 5.74) is 7.70. The molecule has 1 aromatic heterocycles. The van der Waals surface area contributed by atoms with Crippen LogP contribution < -0.4 is 10.6 Å². The van der Waals surface area contributed by atoms with Crippen molar-refractivity contribution in [2.75, 3.05) is 17.2 Å². The van der Waals surface area contributed by atoms with Crippen LogP contribution in [0, 0.1) is 0 Å². The van der Waals surface area contributed by atoms with Crippen molar-refractivity contribution in [2.45, 2.75) is 32.9 Å². The first-order valence-electron chi connectivity index (χ1n) is 6.61. The molecule has 0 spiro atoms. The molecule has 3 rings (SSSR count). The van der Waals surface area contributed by atoms with Crippen molar-refractivity contribution in [1.82, 2.24) is 9.55 Å². The Morgan fingerprint density at radius 3 is 2.80 bits per heavy atom. The van der Waals surface area contributed by atoms with Crippen molar-refractivity contribution in [3.8, 4) is 0 Å². The largest absolute Gasteiger partial charge is 0.443 e. The lowest BCUT2D eigenvalue weighted by Gasteiger charge is -2.23. The summed E-state index contributed by atoms with van der Waals surface area (Å²) < 4.78 is 7.42. The molecule has 1 aliphatic rings. The van der Waals surface area contributed by atoms with E-state index in [9.17, 15) is 4.79 Å². The molecule has 0 atom stereocenters. The van der Waals surface area contributed by atoms with Gasteiger partial charge >= 0.3 is 6.09 Å². The highest BCUT2D eigenvalue weighted by atomic mass is 16.6. The molecule has 0 bridgehead atoms. The summed E-state index contributed by atoms with van der Waals surface area (Å²) in [6, 6.07) is 5.58. The van der Waals surface area contributed by atoms with Crippen LogP contribution in [0.25, 0.3) is 11.0 Å². The van der Waals surface area contributed by atoms with Gasteiger partial charge in [-0.25, -0.2) is 14.7 Å². The van der Waals surface area contributed by atoms with Crippen molar-refractivity contribution >= 4 is 28.8 Å². The van der Waals surface area contributed by atoms with E-state index in [1.165, 1.54) is 0 Å². The summed E-state index contributed by atoms with van der Waals surface area (Å²) in [5.74, 6) is 0.625. The fraction of sp³-hybridized carbons (Fsp3) is 0.429. The summed E-state index contributed by atoms with van der Waals surface area (Å²) in [6.45, 7) is 6.85. The van der Waals surface area contributed by atoms with Gasteiger partial charge < -0.3 is 15.0 Å². The topological polar surface area (TPSA) is 73.4 Å². The second-order valence-corrected chi connectivity index (χ2v) is 5.94. The number of ether oxygens (including phenoxy) is 1. The maximum absolute atomic E-state index is 12.2. The monoisotopic (exact) mass is 274 g/mol. The summed E-state index contributed by atoms with van der Waals surface area (Å²) in [7, 11) is 0. The number of carbonyl (C=O) groups is 1. The number of nitrogen functional groups attached to an aromatic ring is 1. The molecule has 2 heterocycles. The third-order valence-corrected chi connectivity index (χ3v) is 3.15. The number of hydrogen-bond acceptors (Lipinski definition) is 4. The zero-order valence-corrected chi connectivity index (χ0v) is 11.9. The lowest BCUT2D eigenvalue weighted by Crippen LogP contribution is -2.36. The Balaban J connectivity index is 1.97. The molecule has 0 unspecified atom stereocenters. The Labute approximate surface area is 117 Å². The van der Waals surface area contributed by atoms with E-state index in [4.69, 9.17) is 10.5 Å². The van der Waals surface area contributed by atoms with Crippen LogP contribution in [-0.2, 0) is 11.3 Å². The summed E-state index contributed by atoms with van der Waals surface area (Å²) in [6.07, 6.45) is -0.362. The average Bonchev–Trinajstić information content (AvgIpc) is 2.83. The van der Waals surface area contributed by atoms with E-state index in [0.29, 0.717) is 18.2 Å². The van der Waals surface area contributed by atoms with Gasteiger partial charge in [-0.15, -0.1) is 0 Å². The Kier molecular flexibility index (Phi) is 2.64. The number of benzene rings is 1. The van der Waals surface area contributed by atoms with Gasteiger partial charge in [0.1, 0.15) is 5.60 Å². The van der Waals surface area contributed by atoms with E-state index in [0.717, 1.165) is 17.6 Å². The molecule has 1 amide bonds. The number of imidazole rings is 1. The van der Waals surface area contributed by atoms with Gasteiger partial charge in [-0.3, -0.25) is 0 Å². The van der Waals surface area contributed by atoms with Crippen LogP contribution in [0.1, 0.15) is 20.8 Å². The predicted octanol–water partition coefficient (Wildman–Crippen LogP) is 2.37. The molecule has 1 aliphatic heterocycles. The molecule has 1 aromatic carbocycles. The third-order valence-electron chi connectivity index (χ3n) is 3.15. The lowest BCUT2D eigenvalue weighted by atomic mass is 10.2. The Morgan fingerprint density at radius 2 is 2.10 bits per heavy atom. The van der Waals surface area contributed by atoms with Gasteiger partial charge in [0.05, 0.1) is 17.6 Å². The fourth-order valence-electron chi connectivity index (χ4n) is 2.35. The van der Waals surface area contributed by atoms with Gasteiger partial charge in [0.15, 0.2) is 0 Å². The normalized spacial score (nSPS) is 14.7. The number of fused-ring (bicyclic) bond motifs is 3. The van der Waals surface area contributed by atoms with E-state index in [2.05, 4.69) is 4.98 Å². The van der Waals surface area contributed by atoms with Gasteiger partial charge in [0.25, 0.3) is 0 Å². The molecule has 2 aromatic rings. The van der Waals surface area contributed by atoms with Gasteiger partial charge in [-0.05, 0) is 39.0 Å². The van der Waals surface area contributed by atoms with Crippen LogP contribution in [0.2, 0.25) is 0 Å².